The number of carbonyl (C=O) groups is 2. The molecule has 1 aliphatic rings. The highest BCUT2D eigenvalue weighted by atomic mass is 32.3. The zero-order chi connectivity index (χ0) is 18.3. The first-order valence-corrected chi connectivity index (χ1v) is 9.12. The number of amides is 1. The van der Waals surface area contributed by atoms with Crippen molar-refractivity contribution in [1.29, 1.82) is 0 Å². The van der Waals surface area contributed by atoms with Crippen LogP contribution in [0.4, 0.5) is 22.0 Å². The first-order chi connectivity index (χ1) is 10.1. The monoisotopic (exact) mass is 387 g/mol. The molecule has 134 valence electrons. The fourth-order valence-electron chi connectivity index (χ4n) is 1.62. The summed E-state index contributed by atoms with van der Waals surface area (Å²) in [5, 5.41) is -8.30. The Hall–Kier alpha value is -1.31. The first-order valence-electron chi connectivity index (χ1n) is 5.82. The van der Waals surface area contributed by atoms with Crippen molar-refractivity contribution >= 4 is 31.4 Å². The third-order valence-electron chi connectivity index (χ3n) is 2.91. The molecule has 0 aromatic heterocycles. The molecule has 0 N–H and O–H groups in total. The number of rotatable bonds is 4. The van der Waals surface area contributed by atoms with Crippen LogP contribution in [0.3, 0.4) is 0 Å². The van der Waals surface area contributed by atoms with E-state index in [4.69, 9.17) is 0 Å². The standard InChI is InChI=1S/C9H10F5NO6S2/c10-8(11,7(17)15-3-1-6(16)2-4-15)22(18,19)5-23(20,21)9(12,13)14/h1-5H2. The van der Waals surface area contributed by atoms with Crippen LogP contribution in [0.25, 0.3) is 0 Å². The molecule has 0 unspecified atom stereocenters. The Labute approximate surface area is 127 Å². The molecule has 7 nitrogen and oxygen atoms in total. The summed E-state index contributed by atoms with van der Waals surface area (Å²) in [6.45, 7) is -1.07. The van der Waals surface area contributed by atoms with Crippen molar-refractivity contribution in [2.24, 2.45) is 0 Å². The number of likely N-dealkylation sites (tertiary alicyclic amines) is 1. The number of piperidine rings is 1. The number of nitrogens with zero attached hydrogens (tertiary/aromatic N) is 1. The van der Waals surface area contributed by atoms with E-state index in [1.54, 1.807) is 0 Å². The van der Waals surface area contributed by atoms with Crippen LogP contribution in [0.15, 0.2) is 0 Å². The van der Waals surface area contributed by atoms with Crippen molar-refractivity contribution in [3.63, 3.8) is 0 Å². The first kappa shape index (κ1) is 19.7. The van der Waals surface area contributed by atoms with Crippen LogP contribution >= 0.6 is 0 Å². The normalized spacial score (nSPS) is 18.1. The second-order valence-corrected chi connectivity index (χ2v) is 9.02. The minimum atomic E-state index is -6.40. The predicted octanol–water partition coefficient (Wildman–Crippen LogP) is 0.0776. The lowest BCUT2D eigenvalue weighted by molar-refractivity contribution is -0.148. The van der Waals surface area contributed by atoms with Crippen LogP contribution in [0.5, 0.6) is 0 Å². The summed E-state index contributed by atoms with van der Waals surface area (Å²) >= 11 is 0. The molecule has 0 bridgehead atoms. The van der Waals surface area contributed by atoms with Gasteiger partial charge in [0.05, 0.1) is 0 Å². The highest BCUT2D eigenvalue weighted by Crippen LogP contribution is 2.32. The van der Waals surface area contributed by atoms with E-state index in [-0.39, 0.29) is 18.6 Å². The molecule has 0 atom stereocenters. The molecular weight excluding hydrogens is 377 g/mol. The van der Waals surface area contributed by atoms with Gasteiger partial charge in [0.15, 0.2) is 5.08 Å². The number of hydrogen-bond donors (Lipinski definition) is 0. The molecule has 0 saturated carbocycles. The van der Waals surface area contributed by atoms with Gasteiger partial charge in [-0.1, -0.05) is 0 Å². The van der Waals surface area contributed by atoms with Crippen molar-refractivity contribution < 1.29 is 48.4 Å². The fraction of sp³-hybridized carbons (Fsp3) is 0.778. The summed E-state index contributed by atoms with van der Waals surface area (Å²) in [7, 11) is -12.7. The van der Waals surface area contributed by atoms with Crippen LogP contribution in [0.1, 0.15) is 12.8 Å². The van der Waals surface area contributed by atoms with Crippen molar-refractivity contribution in [3.05, 3.63) is 0 Å². The molecule has 1 heterocycles. The Morgan fingerprint density at radius 2 is 1.39 bits per heavy atom. The van der Waals surface area contributed by atoms with E-state index < -0.39 is 54.5 Å². The average Bonchev–Trinajstić information content (AvgIpc) is 2.36. The molecule has 1 fully saturated rings. The molecule has 0 aliphatic carbocycles. The highest BCUT2D eigenvalue weighted by molar-refractivity contribution is 8.09. The van der Waals surface area contributed by atoms with Gasteiger partial charge < -0.3 is 4.90 Å². The van der Waals surface area contributed by atoms with Gasteiger partial charge in [0.25, 0.3) is 9.84 Å². The molecule has 0 aromatic carbocycles. The maximum absolute atomic E-state index is 13.7. The van der Waals surface area contributed by atoms with Crippen LogP contribution in [-0.4, -0.2) is 62.4 Å². The second-order valence-electron chi connectivity index (χ2n) is 4.64. The van der Waals surface area contributed by atoms with Gasteiger partial charge in [-0.25, -0.2) is 16.8 Å². The van der Waals surface area contributed by atoms with E-state index in [1.165, 1.54) is 0 Å². The quantitative estimate of drug-likeness (QED) is 0.633. The topological polar surface area (TPSA) is 106 Å². The number of alkyl halides is 5. The Bertz CT molecular complexity index is 701. The molecule has 1 amide bonds. The Morgan fingerprint density at radius 3 is 1.78 bits per heavy atom. The van der Waals surface area contributed by atoms with Gasteiger partial charge in [0.1, 0.15) is 5.78 Å². The fourth-order valence-corrected chi connectivity index (χ4v) is 4.78. The van der Waals surface area contributed by atoms with Crippen molar-refractivity contribution in [2.75, 3.05) is 18.2 Å². The average molecular weight is 387 g/mol. The van der Waals surface area contributed by atoms with E-state index in [0.717, 1.165) is 0 Å². The zero-order valence-corrected chi connectivity index (χ0v) is 12.8. The molecule has 1 aliphatic heterocycles. The summed E-state index contributed by atoms with van der Waals surface area (Å²) in [5.74, 6) is -2.72. The van der Waals surface area contributed by atoms with E-state index >= 15 is 0 Å². The summed E-state index contributed by atoms with van der Waals surface area (Å²) in [5.41, 5.74) is -6.06. The number of halogens is 5. The Balaban J connectivity index is 3.06. The van der Waals surface area contributed by atoms with Crippen LogP contribution in [0, 0.1) is 0 Å². The second kappa shape index (κ2) is 5.96. The third kappa shape index (κ3) is 3.97. The third-order valence-corrected chi connectivity index (χ3v) is 7.05. The molecule has 0 spiro atoms. The summed E-state index contributed by atoms with van der Waals surface area (Å²) in [6.07, 6.45) is -0.633. The molecular formula is C9H10F5NO6S2. The van der Waals surface area contributed by atoms with Crippen molar-refractivity contribution in [3.8, 4) is 0 Å². The van der Waals surface area contributed by atoms with E-state index in [9.17, 15) is 48.4 Å². The maximum atomic E-state index is 13.7. The van der Waals surface area contributed by atoms with Crippen LogP contribution < -0.4 is 0 Å². The van der Waals surface area contributed by atoms with E-state index in [0.29, 0.717) is 4.90 Å². The summed E-state index contributed by atoms with van der Waals surface area (Å²) in [6, 6.07) is 0. The number of hydrogen-bond acceptors (Lipinski definition) is 6. The Morgan fingerprint density at radius 1 is 0.957 bits per heavy atom. The molecule has 0 aromatic rings. The minimum absolute atomic E-state index is 0.291. The number of sulfone groups is 2. The minimum Gasteiger partial charge on any atom is -0.336 e. The van der Waals surface area contributed by atoms with Crippen molar-refractivity contribution in [2.45, 2.75) is 23.6 Å². The number of carbonyl (C=O) groups excluding carboxylic acids is 2. The summed E-state index contributed by atoms with van der Waals surface area (Å²) in [4.78, 5) is 22.7. The summed E-state index contributed by atoms with van der Waals surface area (Å²) < 4.78 is 108. The number of ketones is 1. The largest absolute Gasteiger partial charge is 0.498 e. The Kier molecular flexibility index (Phi) is 5.11. The number of Topliss-reactive ketones (excluding diaryl/α,β-unsaturated/α-hetero) is 1. The zero-order valence-electron chi connectivity index (χ0n) is 11.1. The molecule has 0 radical (unpaired) electrons. The lowest BCUT2D eigenvalue weighted by Gasteiger charge is -2.29. The van der Waals surface area contributed by atoms with Gasteiger partial charge in [-0.3, -0.25) is 9.59 Å². The lowest BCUT2D eigenvalue weighted by Crippen LogP contribution is -2.52. The molecule has 1 saturated heterocycles. The van der Waals surface area contributed by atoms with E-state index in [2.05, 4.69) is 0 Å². The maximum Gasteiger partial charge on any atom is 0.498 e. The SMILES string of the molecule is O=C1CCN(C(=O)C(F)(F)S(=O)(=O)CS(=O)(=O)C(F)(F)F)CC1. The van der Waals surface area contributed by atoms with Gasteiger partial charge in [-0.15, -0.1) is 0 Å². The molecule has 1 rings (SSSR count). The predicted molar refractivity (Wildman–Crippen MR) is 64.5 cm³/mol. The smallest absolute Gasteiger partial charge is 0.336 e. The van der Waals surface area contributed by atoms with Crippen molar-refractivity contribution in [1.82, 2.24) is 4.90 Å². The van der Waals surface area contributed by atoms with Gasteiger partial charge in [-0.05, 0) is 0 Å². The van der Waals surface area contributed by atoms with Gasteiger partial charge in [0.2, 0.25) is 9.84 Å². The van der Waals surface area contributed by atoms with Crippen LogP contribution in [-0.2, 0) is 29.3 Å². The van der Waals surface area contributed by atoms with Crippen LogP contribution in [0.2, 0.25) is 0 Å². The molecule has 23 heavy (non-hydrogen) atoms. The van der Waals surface area contributed by atoms with E-state index in [1.807, 2.05) is 0 Å². The van der Waals surface area contributed by atoms with Gasteiger partial charge in [-0.2, -0.15) is 22.0 Å². The lowest BCUT2D eigenvalue weighted by atomic mass is 10.1. The van der Waals surface area contributed by atoms with Gasteiger partial charge in [0, 0.05) is 25.9 Å². The van der Waals surface area contributed by atoms with Gasteiger partial charge >= 0.3 is 16.7 Å². The highest BCUT2D eigenvalue weighted by Gasteiger charge is 2.59. The molecule has 14 heteroatoms.